The minimum Gasteiger partial charge on any atom is -0.360 e. The van der Waals surface area contributed by atoms with Crippen LogP contribution in [-0.2, 0) is 5.54 Å². The molecule has 1 fully saturated rings. The largest absolute Gasteiger partial charge is 0.360 e. The van der Waals surface area contributed by atoms with E-state index in [0.29, 0.717) is 0 Å². The van der Waals surface area contributed by atoms with Crippen molar-refractivity contribution in [3.63, 3.8) is 0 Å². The van der Waals surface area contributed by atoms with Gasteiger partial charge >= 0.3 is 0 Å². The van der Waals surface area contributed by atoms with Crippen molar-refractivity contribution in [3.8, 4) is 0 Å². The number of nitrogens with one attached hydrogen (secondary N) is 1. The second-order valence-electron chi connectivity index (χ2n) is 5.11. The van der Waals surface area contributed by atoms with Gasteiger partial charge in [-0.1, -0.05) is 31.4 Å². The number of aromatic amines is 1. The number of benzene rings is 1. The predicted molar refractivity (Wildman–Crippen MR) is 74.9 cm³/mol. The van der Waals surface area contributed by atoms with Crippen LogP contribution in [0, 0.1) is 0 Å². The van der Waals surface area contributed by atoms with Gasteiger partial charge in [-0.15, -0.1) is 0 Å². The third-order valence-corrected chi connectivity index (χ3v) is 4.61. The van der Waals surface area contributed by atoms with Gasteiger partial charge in [0.05, 0.1) is 0 Å². The zero-order valence-electron chi connectivity index (χ0n) is 9.80. The minimum absolute atomic E-state index is 0.107. The smallest absolute Gasteiger partial charge is 0.0469 e. The van der Waals surface area contributed by atoms with E-state index in [2.05, 4.69) is 39.1 Å². The van der Waals surface area contributed by atoms with E-state index >= 15 is 0 Å². The van der Waals surface area contributed by atoms with E-state index in [1.165, 1.54) is 35.7 Å². The fraction of sp³-hybridized carbons (Fsp3) is 0.429. The van der Waals surface area contributed by atoms with Gasteiger partial charge in [0.25, 0.3) is 0 Å². The zero-order valence-corrected chi connectivity index (χ0v) is 11.4. The van der Waals surface area contributed by atoms with Gasteiger partial charge < -0.3 is 10.7 Å². The second kappa shape index (κ2) is 4.14. The van der Waals surface area contributed by atoms with Crippen LogP contribution in [0.2, 0.25) is 0 Å². The normalized spacial score (nSPS) is 19.6. The number of hydrogen-bond acceptors (Lipinski definition) is 1. The monoisotopic (exact) mass is 292 g/mol. The predicted octanol–water partition coefficient (Wildman–Crippen LogP) is 4.05. The molecule has 0 bridgehead atoms. The van der Waals surface area contributed by atoms with Crippen molar-refractivity contribution in [2.45, 2.75) is 37.6 Å². The van der Waals surface area contributed by atoms with Crippen LogP contribution >= 0.6 is 15.9 Å². The lowest BCUT2D eigenvalue weighted by Crippen LogP contribution is -2.38. The summed E-state index contributed by atoms with van der Waals surface area (Å²) in [5.74, 6) is 0. The van der Waals surface area contributed by atoms with Crippen LogP contribution in [0.25, 0.3) is 10.9 Å². The molecule has 0 aliphatic heterocycles. The first-order chi connectivity index (χ1) is 8.19. The Morgan fingerprint density at radius 2 is 1.94 bits per heavy atom. The molecule has 1 aromatic heterocycles. The van der Waals surface area contributed by atoms with Crippen molar-refractivity contribution < 1.29 is 0 Å². The Bertz CT molecular complexity index is 538. The Labute approximate surface area is 110 Å². The van der Waals surface area contributed by atoms with Gasteiger partial charge in [0.2, 0.25) is 0 Å². The molecule has 1 aromatic carbocycles. The van der Waals surface area contributed by atoms with Crippen LogP contribution in [0.1, 0.15) is 37.7 Å². The second-order valence-corrected chi connectivity index (χ2v) is 5.97. The molecule has 0 amide bonds. The zero-order chi connectivity index (χ0) is 11.9. The van der Waals surface area contributed by atoms with Gasteiger partial charge in [0.1, 0.15) is 0 Å². The van der Waals surface area contributed by atoms with Crippen LogP contribution in [0.15, 0.2) is 28.9 Å². The molecule has 1 saturated carbocycles. The summed E-state index contributed by atoms with van der Waals surface area (Å²) < 4.78 is 1.12. The fourth-order valence-electron chi connectivity index (χ4n) is 2.87. The molecule has 0 radical (unpaired) electrons. The van der Waals surface area contributed by atoms with Gasteiger partial charge in [-0.05, 0) is 40.4 Å². The van der Waals surface area contributed by atoms with Gasteiger partial charge in [-0.25, -0.2) is 0 Å². The maximum absolute atomic E-state index is 6.55. The topological polar surface area (TPSA) is 41.8 Å². The molecule has 2 nitrogen and oxygen atoms in total. The molecule has 0 atom stereocenters. The van der Waals surface area contributed by atoms with Gasteiger partial charge in [-0.3, -0.25) is 0 Å². The summed E-state index contributed by atoms with van der Waals surface area (Å²) in [6.45, 7) is 0. The van der Waals surface area contributed by atoms with E-state index in [4.69, 9.17) is 5.73 Å². The lowest BCUT2D eigenvalue weighted by molar-refractivity contribution is 0.302. The van der Waals surface area contributed by atoms with Gasteiger partial charge in [-0.2, -0.15) is 0 Å². The molecular weight excluding hydrogens is 276 g/mol. The first kappa shape index (κ1) is 11.3. The van der Waals surface area contributed by atoms with Crippen LogP contribution in [0.5, 0.6) is 0 Å². The van der Waals surface area contributed by atoms with Crippen molar-refractivity contribution in [3.05, 3.63) is 34.4 Å². The number of fused-ring (bicyclic) bond motifs is 1. The summed E-state index contributed by atoms with van der Waals surface area (Å²) in [4.78, 5) is 3.28. The van der Waals surface area contributed by atoms with Crippen LogP contribution in [-0.4, -0.2) is 4.98 Å². The van der Waals surface area contributed by atoms with Crippen LogP contribution in [0.4, 0.5) is 0 Å². The number of halogens is 1. The molecule has 3 rings (SSSR count). The van der Waals surface area contributed by atoms with Gasteiger partial charge in [0, 0.05) is 27.1 Å². The third kappa shape index (κ3) is 1.91. The highest BCUT2D eigenvalue weighted by molar-refractivity contribution is 9.10. The maximum atomic E-state index is 6.55. The molecule has 3 heteroatoms. The van der Waals surface area contributed by atoms with E-state index in [-0.39, 0.29) is 5.54 Å². The number of nitrogens with two attached hydrogens (primary N) is 1. The Morgan fingerprint density at radius 1 is 1.18 bits per heavy atom. The highest BCUT2D eigenvalue weighted by atomic mass is 79.9. The lowest BCUT2D eigenvalue weighted by Gasteiger charge is -2.34. The minimum atomic E-state index is -0.107. The maximum Gasteiger partial charge on any atom is 0.0469 e. The number of aromatic nitrogens is 1. The van der Waals surface area contributed by atoms with Crippen LogP contribution < -0.4 is 5.73 Å². The van der Waals surface area contributed by atoms with E-state index in [0.717, 1.165) is 17.3 Å². The Hall–Kier alpha value is -0.800. The quantitative estimate of drug-likeness (QED) is 0.818. The van der Waals surface area contributed by atoms with Crippen molar-refractivity contribution >= 4 is 26.8 Å². The van der Waals surface area contributed by atoms with E-state index < -0.39 is 0 Å². The van der Waals surface area contributed by atoms with Crippen molar-refractivity contribution in [1.29, 1.82) is 0 Å². The summed E-state index contributed by atoms with van der Waals surface area (Å²) in [5.41, 5.74) is 8.89. The molecule has 3 N–H and O–H groups in total. The number of hydrogen-bond donors (Lipinski definition) is 2. The van der Waals surface area contributed by atoms with Crippen molar-refractivity contribution in [2.24, 2.45) is 5.73 Å². The molecule has 1 heterocycles. The fourth-order valence-corrected chi connectivity index (χ4v) is 3.33. The summed E-state index contributed by atoms with van der Waals surface area (Å²) in [6.07, 6.45) is 8.04. The molecule has 0 unspecified atom stereocenters. The van der Waals surface area contributed by atoms with Crippen molar-refractivity contribution in [1.82, 2.24) is 4.98 Å². The summed E-state index contributed by atoms with van der Waals surface area (Å²) in [6, 6.07) is 6.56. The highest BCUT2D eigenvalue weighted by Gasteiger charge is 2.29. The van der Waals surface area contributed by atoms with E-state index in [1.807, 2.05) is 6.20 Å². The average Bonchev–Trinajstić information content (AvgIpc) is 2.72. The standard InChI is InChI=1S/C14H17BrN2/c15-12-9-17-13-8-10(4-5-11(12)13)14(16)6-2-1-3-7-14/h4-5,8-9,17H,1-3,6-7,16H2. The third-order valence-electron chi connectivity index (χ3n) is 3.95. The number of H-pyrrole nitrogens is 1. The summed E-state index contributed by atoms with van der Waals surface area (Å²) in [7, 11) is 0. The highest BCUT2D eigenvalue weighted by Crippen LogP contribution is 2.36. The molecule has 1 aliphatic rings. The first-order valence-electron chi connectivity index (χ1n) is 6.25. The average molecular weight is 293 g/mol. The van der Waals surface area contributed by atoms with E-state index in [1.54, 1.807) is 0 Å². The molecule has 90 valence electrons. The summed E-state index contributed by atoms with van der Waals surface area (Å²) >= 11 is 3.54. The molecule has 0 spiro atoms. The van der Waals surface area contributed by atoms with Gasteiger partial charge in [0.15, 0.2) is 0 Å². The molecule has 2 aromatic rings. The lowest BCUT2D eigenvalue weighted by atomic mass is 9.77. The molecule has 17 heavy (non-hydrogen) atoms. The van der Waals surface area contributed by atoms with Crippen LogP contribution in [0.3, 0.4) is 0 Å². The Morgan fingerprint density at radius 3 is 2.71 bits per heavy atom. The Balaban J connectivity index is 2.05. The Kier molecular flexibility index (Phi) is 2.75. The molecule has 0 saturated heterocycles. The SMILES string of the molecule is NC1(c2ccc3c(Br)c[nH]c3c2)CCCCC1. The number of rotatable bonds is 1. The van der Waals surface area contributed by atoms with Crippen molar-refractivity contribution in [2.75, 3.05) is 0 Å². The first-order valence-corrected chi connectivity index (χ1v) is 7.04. The molecular formula is C14H17BrN2. The van der Waals surface area contributed by atoms with E-state index in [9.17, 15) is 0 Å². The summed E-state index contributed by atoms with van der Waals surface area (Å²) in [5, 5.41) is 1.23. The molecule has 1 aliphatic carbocycles.